The third kappa shape index (κ3) is 4.13. The van der Waals surface area contributed by atoms with Crippen LogP contribution in [0.2, 0.25) is 0 Å². The quantitative estimate of drug-likeness (QED) is 0.768. The number of benzene rings is 1. The first-order valence-electron chi connectivity index (χ1n) is 6.81. The second kappa shape index (κ2) is 6.69. The molecule has 1 fully saturated rings. The standard InChI is InChI=1S/C13H20FN3O3S/c1-2-17-5-6-20-11(9-17)8-16-21(18,19)13-7-10(15)3-4-12(13)14/h3-4,7,11,16H,2,5-6,8-9,15H2,1H3. The van der Waals surface area contributed by atoms with E-state index < -0.39 is 20.7 Å². The van der Waals surface area contributed by atoms with E-state index in [2.05, 4.69) is 9.62 Å². The van der Waals surface area contributed by atoms with E-state index in [0.29, 0.717) is 13.2 Å². The average molecular weight is 317 g/mol. The van der Waals surface area contributed by atoms with Crippen LogP contribution in [0.1, 0.15) is 6.92 Å². The second-order valence-electron chi connectivity index (χ2n) is 4.93. The fourth-order valence-electron chi connectivity index (χ4n) is 2.20. The molecule has 118 valence electrons. The van der Waals surface area contributed by atoms with Crippen LogP contribution in [0.25, 0.3) is 0 Å². The molecule has 6 nitrogen and oxygen atoms in total. The lowest BCUT2D eigenvalue weighted by molar-refractivity contribution is -0.0229. The molecule has 8 heteroatoms. The van der Waals surface area contributed by atoms with E-state index >= 15 is 0 Å². The molecule has 1 aromatic carbocycles. The summed E-state index contributed by atoms with van der Waals surface area (Å²) in [6, 6.07) is 3.47. The zero-order chi connectivity index (χ0) is 15.5. The number of nitrogens with two attached hydrogens (primary N) is 1. The van der Waals surface area contributed by atoms with Crippen LogP contribution < -0.4 is 10.5 Å². The van der Waals surface area contributed by atoms with Crippen molar-refractivity contribution in [1.29, 1.82) is 0 Å². The van der Waals surface area contributed by atoms with Crippen LogP contribution >= 0.6 is 0 Å². The van der Waals surface area contributed by atoms with Gasteiger partial charge in [-0.05, 0) is 24.7 Å². The number of nitrogens with zero attached hydrogens (tertiary/aromatic N) is 1. The predicted octanol–water partition coefficient (Wildman–Crippen LogP) is 0.407. The summed E-state index contributed by atoms with van der Waals surface area (Å²) in [7, 11) is -3.94. The van der Waals surface area contributed by atoms with Crippen molar-refractivity contribution in [3.63, 3.8) is 0 Å². The van der Waals surface area contributed by atoms with E-state index in [1.807, 2.05) is 6.92 Å². The number of anilines is 1. The van der Waals surface area contributed by atoms with Crippen LogP contribution in [0, 0.1) is 5.82 Å². The Morgan fingerprint density at radius 2 is 2.29 bits per heavy atom. The molecule has 1 aliphatic rings. The number of halogens is 1. The van der Waals surface area contributed by atoms with Gasteiger partial charge < -0.3 is 10.5 Å². The van der Waals surface area contributed by atoms with Gasteiger partial charge >= 0.3 is 0 Å². The minimum Gasteiger partial charge on any atom is -0.399 e. The maximum absolute atomic E-state index is 13.6. The summed E-state index contributed by atoms with van der Waals surface area (Å²) >= 11 is 0. The largest absolute Gasteiger partial charge is 0.399 e. The summed E-state index contributed by atoms with van der Waals surface area (Å²) in [5, 5.41) is 0. The third-order valence-corrected chi connectivity index (χ3v) is 4.85. The highest BCUT2D eigenvalue weighted by Crippen LogP contribution is 2.17. The molecule has 2 rings (SSSR count). The van der Waals surface area contributed by atoms with Gasteiger partial charge in [0, 0.05) is 25.3 Å². The number of nitrogens with one attached hydrogen (secondary N) is 1. The van der Waals surface area contributed by atoms with Crippen LogP contribution in [0.15, 0.2) is 23.1 Å². The van der Waals surface area contributed by atoms with Crippen molar-refractivity contribution >= 4 is 15.7 Å². The van der Waals surface area contributed by atoms with Gasteiger partial charge in [-0.15, -0.1) is 0 Å². The van der Waals surface area contributed by atoms with Gasteiger partial charge in [0.2, 0.25) is 10.0 Å². The summed E-state index contributed by atoms with van der Waals surface area (Å²) in [6.07, 6.45) is -0.238. The SMILES string of the molecule is CCN1CCOC(CNS(=O)(=O)c2cc(N)ccc2F)C1. The number of hydrogen-bond donors (Lipinski definition) is 2. The van der Waals surface area contributed by atoms with Gasteiger partial charge in [0.1, 0.15) is 10.7 Å². The highest BCUT2D eigenvalue weighted by molar-refractivity contribution is 7.89. The maximum Gasteiger partial charge on any atom is 0.243 e. The fourth-order valence-corrected chi connectivity index (χ4v) is 3.37. The zero-order valence-electron chi connectivity index (χ0n) is 11.9. The molecule has 0 spiro atoms. The highest BCUT2D eigenvalue weighted by Gasteiger charge is 2.24. The van der Waals surface area contributed by atoms with Gasteiger partial charge in [-0.25, -0.2) is 17.5 Å². The smallest absolute Gasteiger partial charge is 0.243 e. The Morgan fingerprint density at radius 3 is 3.00 bits per heavy atom. The first kappa shape index (κ1) is 16.2. The van der Waals surface area contributed by atoms with E-state index in [0.717, 1.165) is 25.2 Å². The first-order chi connectivity index (χ1) is 9.92. The number of rotatable bonds is 5. The van der Waals surface area contributed by atoms with Crippen molar-refractivity contribution in [2.24, 2.45) is 0 Å². The predicted molar refractivity (Wildman–Crippen MR) is 77.9 cm³/mol. The fraction of sp³-hybridized carbons (Fsp3) is 0.538. The Labute approximate surface area is 124 Å². The van der Waals surface area contributed by atoms with Gasteiger partial charge in [0.25, 0.3) is 0 Å². The molecule has 1 atom stereocenters. The summed E-state index contributed by atoms with van der Waals surface area (Å²) in [5.41, 5.74) is 5.71. The number of hydrogen-bond acceptors (Lipinski definition) is 5. The number of morpholine rings is 1. The molecule has 0 saturated carbocycles. The first-order valence-corrected chi connectivity index (χ1v) is 8.29. The second-order valence-corrected chi connectivity index (χ2v) is 6.66. The van der Waals surface area contributed by atoms with Crippen LogP contribution in [0.4, 0.5) is 10.1 Å². The minimum atomic E-state index is -3.94. The summed E-state index contributed by atoms with van der Waals surface area (Å²) in [4.78, 5) is 1.73. The Morgan fingerprint density at radius 1 is 1.52 bits per heavy atom. The molecule has 1 heterocycles. The van der Waals surface area contributed by atoms with Gasteiger partial charge in [0.15, 0.2) is 0 Å². The molecule has 0 bridgehead atoms. The molecular formula is C13H20FN3O3S. The molecule has 0 aliphatic carbocycles. The van der Waals surface area contributed by atoms with E-state index in [-0.39, 0.29) is 18.3 Å². The molecule has 0 amide bonds. The molecule has 1 saturated heterocycles. The monoisotopic (exact) mass is 317 g/mol. The lowest BCUT2D eigenvalue weighted by Crippen LogP contribution is -2.47. The summed E-state index contributed by atoms with van der Waals surface area (Å²) < 4.78 is 45.8. The van der Waals surface area contributed by atoms with Crippen molar-refractivity contribution in [2.45, 2.75) is 17.9 Å². The maximum atomic E-state index is 13.6. The molecular weight excluding hydrogens is 297 g/mol. The van der Waals surface area contributed by atoms with E-state index in [4.69, 9.17) is 10.5 Å². The number of ether oxygens (including phenoxy) is 1. The van der Waals surface area contributed by atoms with E-state index in [1.54, 1.807) is 0 Å². The molecule has 21 heavy (non-hydrogen) atoms. The Bertz CT molecular complexity index is 594. The van der Waals surface area contributed by atoms with E-state index in [9.17, 15) is 12.8 Å². The van der Waals surface area contributed by atoms with Gasteiger partial charge in [-0.2, -0.15) is 0 Å². The zero-order valence-corrected chi connectivity index (χ0v) is 12.7. The number of sulfonamides is 1. The Kier molecular flexibility index (Phi) is 5.15. The lowest BCUT2D eigenvalue weighted by atomic mass is 10.3. The molecule has 1 aromatic rings. The molecule has 1 unspecified atom stereocenters. The number of likely N-dealkylation sites (N-methyl/N-ethyl adjacent to an activating group) is 1. The van der Waals surface area contributed by atoms with Crippen molar-refractivity contribution in [1.82, 2.24) is 9.62 Å². The Hall–Kier alpha value is -1.22. The van der Waals surface area contributed by atoms with Crippen LogP contribution in [0.3, 0.4) is 0 Å². The molecule has 0 radical (unpaired) electrons. The van der Waals surface area contributed by atoms with Gasteiger partial charge in [-0.3, -0.25) is 4.90 Å². The number of nitrogen functional groups attached to an aromatic ring is 1. The molecule has 0 aromatic heterocycles. The van der Waals surface area contributed by atoms with Crippen molar-refractivity contribution in [3.05, 3.63) is 24.0 Å². The van der Waals surface area contributed by atoms with Crippen LogP contribution in [-0.2, 0) is 14.8 Å². The van der Waals surface area contributed by atoms with Gasteiger partial charge in [0.05, 0.1) is 12.7 Å². The molecule has 1 aliphatic heterocycles. The average Bonchev–Trinajstić information content (AvgIpc) is 2.48. The van der Waals surface area contributed by atoms with Crippen LogP contribution in [0.5, 0.6) is 0 Å². The minimum absolute atomic E-state index is 0.104. The highest BCUT2D eigenvalue weighted by atomic mass is 32.2. The van der Waals surface area contributed by atoms with Crippen molar-refractivity contribution in [3.8, 4) is 0 Å². The molecule has 3 N–H and O–H groups in total. The van der Waals surface area contributed by atoms with Gasteiger partial charge in [-0.1, -0.05) is 6.92 Å². The Balaban J connectivity index is 2.03. The van der Waals surface area contributed by atoms with Crippen LogP contribution in [-0.4, -0.2) is 52.2 Å². The summed E-state index contributed by atoms with van der Waals surface area (Å²) in [6.45, 7) is 5.08. The van der Waals surface area contributed by atoms with E-state index in [1.165, 1.54) is 6.07 Å². The topological polar surface area (TPSA) is 84.7 Å². The van der Waals surface area contributed by atoms with Crippen molar-refractivity contribution in [2.75, 3.05) is 38.5 Å². The summed E-state index contributed by atoms with van der Waals surface area (Å²) in [5.74, 6) is -0.823. The van der Waals surface area contributed by atoms with Crippen molar-refractivity contribution < 1.29 is 17.5 Å². The normalized spacial score (nSPS) is 20.6. The third-order valence-electron chi connectivity index (χ3n) is 3.42. The lowest BCUT2D eigenvalue weighted by Gasteiger charge is -2.32.